The maximum Gasteiger partial charge on any atom is 0.250 e. The predicted octanol–water partition coefficient (Wildman–Crippen LogP) is 3.95. The van der Waals surface area contributed by atoms with Crippen LogP contribution in [0.3, 0.4) is 0 Å². The van der Waals surface area contributed by atoms with Crippen molar-refractivity contribution >= 4 is 11.6 Å². The minimum Gasteiger partial charge on any atom is -0.370 e. The number of nitrogens with one attached hydrogen (secondary N) is 1. The Morgan fingerprint density at radius 2 is 1.79 bits per heavy atom. The van der Waals surface area contributed by atoms with E-state index in [1.807, 2.05) is 42.5 Å². The van der Waals surface area contributed by atoms with Crippen LogP contribution in [0.5, 0.6) is 0 Å². The van der Waals surface area contributed by atoms with Gasteiger partial charge in [0.05, 0.1) is 13.1 Å². The van der Waals surface area contributed by atoms with Crippen LogP contribution in [-0.2, 0) is 13.1 Å². The summed E-state index contributed by atoms with van der Waals surface area (Å²) in [7, 11) is 0. The molecule has 0 unspecified atom stereocenters. The summed E-state index contributed by atoms with van der Waals surface area (Å²) < 4.78 is 1.68. The first-order valence-corrected chi connectivity index (χ1v) is 9.41. The van der Waals surface area contributed by atoms with Crippen molar-refractivity contribution in [2.75, 3.05) is 5.32 Å². The Morgan fingerprint density at radius 1 is 1.04 bits per heavy atom. The summed E-state index contributed by atoms with van der Waals surface area (Å²) in [5.41, 5.74) is 10.3. The number of nitrogens with zero attached hydrogens (tertiary/aromatic N) is 2. The highest BCUT2D eigenvalue weighted by Gasteiger charge is 2.02. The van der Waals surface area contributed by atoms with Crippen LogP contribution >= 0.6 is 0 Å². The smallest absolute Gasteiger partial charge is 0.250 e. The van der Waals surface area contributed by atoms with Crippen molar-refractivity contribution in [3.63, 3.8) is 0 Å². The van der Waals surface area contributed by atoms with Crippen molar-refractivity contribution in [1.29, 1.82) is 0 Å². The fourth-order valence-electron chi connectivity index (χ4n) is 2.88. The summed E-state index contributed by atoms with van der Waals surface area (Å²) in [4.78, 5) is 16.2. The molecule has 1 heterocycles. The van der Waals surface area contributed by atoms with Crippen molar-refractivity contribution in [2.24, 2.45) is 10.7 Å². The van der Waals surface area contributed by atoms with E-state index < -0.39 is 0 Å². The Kier molecular flexibility index (Phi) is 6.27. The van der Waals surface area contributed by atoms with Gasteiger partial charge in [0.2, 0.25) is 0 Å². The van der Waals surface area contributed by atoms with E-state index in [1.165, 1.54) is 5.56 Å². The highest BCUT2D eigenvalue weighted by Crippen LogP contribution is 2.18. The van der Waals surface area contributed by atoms with Crippen molar-refractivity contribution in [1.82, 2.24) is 4.57 Å². The standard InChI is InChI=1S/C23H26N4O/c1-17(2)20-6-5-7-21(14-20)26-23(24)25-15-18-9-11-19(12-10-18)16-27-13-4-3-8-22(27)28/h3-14,17H,15-16H2,1-2H3,(H3,24,25,26). The maximum absolute atomic E-state index is 11.8. The molecule has 0 saturated heterocycles. The number of pyridine rings is 1. The summed E-state index contributed by atoms with van der Waals surface area (Å²) in [6.45, 7) is 5.37. The first kappa shape index (κ1) is 19.4. The molecule has 3 aromatic rings. The minimum atomic E-state index is -0.00318. The topological polar surface area (TPSA) is 72.4 Å². The number of nitrogens with two attached hydrogens (primary N) is 1. The second-order valence-electron chi connectivity index (χ2n) is 7.09. The average molecular weight is 374 g/mol. The number of benzene rings is 2. The van der Waals surface area contributed by atoms with E-state index >= 15 is 0 Å². The normalized spacial score (nSPS) is 11.6. The molecule has 3 N–H and O–H groups in total. The van der Waals surface area contributed by atoms with Crippen molar-refractivity contribution in [2.45, 2.75) is 32.9 Å². The number of aromatic nitrogens is 1. The van der Waals surface area contributed by atoms with Gasteiger partial charge in [-0.2, -0.15) is 0 Å². The van der Waals surface area contributed by atoms with E-state index in [1.54, 1.807) is 22.9 Å². The van der Waals surface area contributed by atoms with Crippen molar-refractivity contribution < 1.29 is 0 Å². The van der Waals surface area contributed by atoms with Crippen molar-refractivity contribution in [3.05, 3.63) is 100.0 Å². The largest absolute Gasteiger partial charge is 0.370 e. The molecule has 5 heteroatoms. The number of rotatable bonds is 6. The van der Waals surface area contributed by atoms with E-state index in [2.05, 4.69) is 36.3 Å². The van der Waals surface area contributed by atoms with E-state index in [0.29, 0.717) is 25.0 Å². The van der Waals surface area contributed by atoms with Gasteiger partial charge in [-0.1, -0.05) is 56.3 Å². The van der Waals surface area contributed by atoms with Gasteiger partial charge in [-0.25, -0.2) is 4.99 Å². The Hall–Kier alpha value is -3.34. The lowest BCUT2D eigenvalue weighted by atomic mass is 10.0. The third-order valence-corrected chi connectivity index (χ3v) is 4.53. The van der Waals surface area contributed by atoms with Crippen LogP contribution in [0, 0.1) is 0 Å². The van der Waals surface area contributed by atoms with Gasteiger partial charge >= 0.3 is 0 Å². The SMILES string of the molecule is CC(C)c1cccc(NC(N)=NCc2ccc(Cn3ccccc3=O)cc2)c1. The third kappa shape index (κ3) is 5.33. The zero-order valence-electron chi connectivity index (χ0n) is 16.3. The molecule has 0 atom stereocenters. The Bertz CT molecular complexity index is 1000. The van der Waals surface area contributed by atoms with Crippen LogP contribution in [0.4, 0.5) is 5.69 Å². The molecule has 0 spiro atoms. The number of hydrogen-bond acceptors (Lipinski definition) is 2. The van der Waals surface area contributed by atoms with Crippen LogP contribution < -0.4 is 16.6 Å². The highest BCUT2D eigenvalue weighted by atomic mass is 16.1. The summed E-state index contributed by atoms with van der Waals surface area (Å²) in [5, 5.41) is 3.15. The quantitative estimate of drug-likeness (QED) is 0.507. The summed E-state index contributed by atoms with van der Waals surface area (Å²) >= 11 is 0. The zero-order chi connectivity index (χ0) is 19.9. The van der Waals surface area contributed by atoms with Gasteiger partial charge in [0.1, 0.15) is 0 Å². The lowest BCUT2D eigenvalue weighted by molar-refractivity contribution is 0.759. The third-order valence-electron chi connectivity index (χ3n) is 4.53. The second-order valence-corrected chi connectivity index (χ2v) is 7.09. The Balaban J connectivity index is 1.60. The molecule has 0 saturated carbocycles. The fraction of sp³-hybridized carbons (Fsp3) is 0.217. The van der Waals surface area contributed by atoms with Crippen LogP contribution in [0.25, 0.3) is 0 Å². The van der Waals surface area contributed by atoms with E-state index in [-0.39, 0.29) is 5.56 Å². The van der Waals surface area contributed by atoms with Crippen molar-refractivity contribution in [3.8, 4) is 0 Å². The lowest BCUT2D eigenvalue weighted by Gasteiger charge is -2.10. The molecule has 3 rings (SSSR count). The summed E-state index contributed by atoms with van der Waals surface area (Å²) in [6, 6.07) is 21.4. The fourth-order valence-corrected chi connectivity index (χ4v) is 2.88. The lowest BCUT2D eigenvalue weighted by Crippen LogP contribution is -2.22. The number of aliphatic imine (C=N–C) groups is 1. The molecule has 1 aromatic heterocycles. The number of guanidine groups is 1. The monoisotopic (exact) mass is 374 g/mol. The molecule has 28 heavy (non-hydrogen) atoms. The zero-order valence-corrected chi connectivity index (χ0v) is 16.3. The molecule has 0 aliphatic carbocycles. The molecule has 0 amide bonds. The highest BCUT2D eigenvalue weighted by molar-refractivity contribution is 5.92. The van der Waals surface area contributed by atoms with E-state index in [9.17, 15) is 4.79 Å². The summed E-state index contributed by atoms with van der Waals surface area (Å²) in [6.07, 6.45) is 1.79. The van der Waals surface area contributed by atoms with Gasteiger partial charge in [-0.3, -0.25) is 4.79 Å². The minimum absolute atomic E-state index is 0.00318. The van der Waals surface area contributed by atoms with Crippen LogP contribution in [0.15, 0.2) is 82.7 Å². The molecular weight excluding hydrogens is 348 g/mol. The molecule has 0 aliphatic rings. The summed E-state index contributed by atoms with van der Waals surface area (Å²) in [5.74, 6) is 0.853. The van der Waals surface area contributed by atoms with E-state index in [4.69, 9.17) is 5.73 Å². The Morgan fingerprint density at radius 3 is 2.50 bits per heavy atom. The first-order chi connectivity index (χ1) is 13.5. The molecule has 0 radical (unpaired) electrons. The molecular formula is C23H26N4O. The molecule has 144 valence electrons. The molecule has 0 fully saturated rings. The average Bonchev–Trinajstić information content (AvgIpc) is 2.69. The van der Waals surface area contributed by atoms with Crippen LogP contribution in [-0.4, -0.2) is 10.5 Å². The second kappa shape index (κ2) is 9.04. The molecule has 2 aromatic carbocycles. The first-order valence-electron chi connectivity index (χ1n) is 9.41. The molecule has 5 nitrogen and oxygen atoms in total. The van der Waals surface area contributed by atoms with E-state index in [0.717, 1.165) is 16.8 Å². The predicted molar refractivity (Wildman–Crippen MR) is 116 cm³/mol. The van der Waals surface area contributed by atoms with Crippen LogP contribution in [0.1, 0.15) is 36.5 Å². The number of hydrogen-bond donors (Lipinski definition) is 2. The van der Waals surface area contributed by atoms with Gasteiger partial charge < -0.3 is 15.6 Å². The Labute approximate surface area is 165 Å². The van der Waals surface area contributed by atoms with Gasteiger partial charge in [0.15, 0.2) is 5.96 Å². The number of anilines is 1. The molecule has 0 bridgehead atoms. The van der Waals surface area contributed by atoms with Crippen LogP contribution in [0.2, 0.25) is 0 Å². The molecule has 0 aliphatic heterocycles. The maximum atomic E-state index is 11.8. The van der Waals surface area contributed by atoms with Gasteiger partial charge in [0.25, 0.3) is 5.56 Å². The van der Waals surface area contributed by atoms with Gasteiger partial charge in [0, 0.05) is 18.0 Å². The van der Waals surface area contributed by atoms with Gasteiger partial charge in [-0.15, -0.1) is 0 Å². The van der Waals surface area contributed by atoms with Gasteiger partial charge in [-0.05, 0) is 40.8 Å².